The summed E-state index contributed by atoms with van der Waals surface area (Å²) in [6.45, 7) is 1.82. The molecule has 1 heterocycles. The largest absolute Gasteiger partial charge is 0.369 e. The molecule has 1 aromatic heterocycles. The van der Waals surface area contributed by atoms with Crippen molar-refractivity contribution in [2.75, 3.05) is 5.32 Å². The summed E-state index contributed by atoms with van der Waals surface area (Å²) in [4.78, 5) is 21.4. The number of amides is 2. The summed E-state index contributed by atoms with van der Waals surface area (Å²) >= 11 is 1.17. The fourth-order valence-electron chi connectivity index (χ4n) is 0.762. The summed E-state index contributed by atoms with van der Waals surface area (Å²) in [5, 5.41) is 3.14. The first-order chi connectivity index (χ1) is 6.08. The van der Waals surface area contributed by atoms with E-state index in [9.17, 15) is 9.59 Å². The first-order valence-electron chi connectivity index (χ1n) is 3.59. The van der Waals surface area contributed by atoms with Gasteiger partial charge in [0.25, 0.3) is 0 Å². The molecule has 0 fully saturated rings. The lowest BCUT2D eigenvalue weighted by Gasteiger charge is -1.97. The minimum atomic E-state index is -0.640. The van der Waals surface area contributed by atoms with E-state index < -0.39 is 11.8 Å². The van der Waals surface area contributed by atoms with Crippen molar-refractivity contribution in [2.24, 2.45) is 5.73 Å². The lowest BCUT2D eigenvalue weighted by molar-refractivity contribution is -0.124. The fourth-order valence-corrected chi connectivity index (χ4v) is 1.44. The molecule has 6 heteroatoms. The van der Waals surface area contributed by atoms with E-state index in [1.807, 2.05) is 6.92 Å². The number of carbonyl (C=O) groups excluding carboxylic acids is 2. The lowest BCUT2D eigenvalue weighted by Crippen LogP contribution is -2.21. The number of nitrogens with zero attached hydrogens (tertiary/aromatic N) is 1. The number of rotatable bonds is 3. The number of primary amides is 1. The normalized spacial score (nSPS) is 9.62. The highest BCUT2D eigenvalue weighted by atomic mass is 32.1. The number of aromatic nitrogens is 1. The zero-order chi connectivity index (χ0) is 9.84. The van der Waals surface area contributed by atoms with Crippen molar-refractivity contribution in [1.29, 1.82) is 0 Å². The van der Waals surface area contributed by atoms with E-state index in [2.05, 4.69) is 9.69 Å². The molecule has 0 radical (unpaired) electrons. The van der Waals surface area contributed by atoms with Crippen molar-refractivity contribution >= 4 is 28.3 Å². The zero-order valence-corrected chi connectivity index (χ0v) is 7.85. The van der Waals surface area contributed by atoms with Gasteiger partial charge in [0.2, 0.25) is 11.8 Å². The van der Waals surface area contributed by atoms with Gasteiger partial charge in [-0.25, -0.2) is 0 Å². The molecule has 0 saturated heterocycles. The topological polar surface area (TPSA) is 85.1 Å². The van der Waals surface area contributed by atoms with E-state index >= 15 is 0 Å². The number of nitrogens with one attached hydrogen (secondary N) is 1. The second kappa shape index (κ2) is 3.99. The molecule has 2 amide bonds. The SMILES string of the molecule is Cc1cc(NC(=O)CC(N)=O)sn1. The van der Waals surface area contributed by atoms with Crippen molar-refractivity contribution in [3.05, 3.63) is 11.8 Å². The van der Waals surface area contributed by atoms with Crippen LogP contribution >= 0.6 is 11.5 Å². The van der Waals surface area contributed by atoms with Gasteiger partial charge in [-0.2, -0.15) is 4.37 Å². The molecule has 0 atom stereocenters. The van der Waals surface area contributed by atoms with Crippen LogP contribution in [0.4, 0.5) is 5.00 Å². The van der Waals surface area contributed by atoms with Crippen LogP contribution in [0.1, 0.15) is 12.1 Å². The quantitative estimate of drug-likeness (QED) is 0.685. The van der Waals surface area contributed by atoms with Crippen molar-refractivity contribution in [1.82, 2.24) is 4.37 Å². The van der Waals surface area contributed by atoms with Crippen LogP contribution in [-0.4, -0.2) is 16.2 Å². The van der Waals surface area contributed by atoms with E-state index in [0.29, 0.717) is 5.00 Å². The average Bonchev–Trinajstić information content (AvgIpc) is 2.33. The Kier molecular flexibility index (Phi) is 2.97. The molecule has 0 aliphatic heterocycles. The number of carbonyl (C=O) groups is 2. The molecule has 0 spiro atoms. The minimum absolute atomic E-state index is 0.295. The summed E-state index contributed by atoms with van der Waals surface area (Å²) < 4.78 is 3.96. The Bertz CT molecular complexity index is 334. The van der Waals surface area contributed by atoms with Crippen LogP contribution in [-0.2, 0) is 9.59 Å². The molecular weight excluding hydrogens is 190 g/mol. The van der Waals surface area contributed by atoms with Gasteiger partial charge in [0.15, 0.2) is 0 Å². The Balaban J connectivity index is 2.50. The molecule has 70 valence electrons. The molecule has 0 aliphatic rings. The average molecular weight is 199 g/mol. The summed E-state index contributed by atoms with van der Waals surface area (Å²) in [6.07, 6.45) is -0.295. The van der Waals surface area contributed by atoms with Crippen molar-refractivity contribution in [2.45, 2.75) is 13.3 Å². The monoisotopic (exact) mass is 199 g/mol. The van der Waals surface area contributed by atoms with Crippen LogP contribution in [0.2, 0.25) is 0 Å². The Labute approximate surface area is 79.1 Å². The van der Waals surface area contributed by atoms with E-state index in [1.54, 1.807) is 6.07 Å². The predicted octanol–water partition coefficient (Wildman–Crippen LogP) is 0.265. The number of hydrogen-bond donors (Lipinski definition) is 2. The first kappa shape index (κ1) is 9.66. The van der Waals surface area contributed by atoms with Crippen LogP contribution in [0.5, 0.6) is 0 Å². The Morgan fingerprint density at radius 2 is 2.38 bits per heavy atom. The Hall–Kier alpha value is -1.43. The third-order valence-corrected chi connectivity index (χ3v) is 2.02. The Morgan fingerprint density at radius 1 is 1.69 bits per heavy atom. The van der Waals surface area contributed by atoms with E-state index in [0.717, 1.165) is 5.69 Å². The van der Waals surface area contributed by atoms with Gasteiger partial charge in [0, 0.05) is 0 Å². The highest BCUT2D eigenvalue weighted by Gasteiger charge is 2.07. The van der Waals surface area contributed by atoms with Crippen molar-refractivity contribution in [3.8, 4) is 0 Å². The highest BCUT2D eigenvalue weighted by molar-refractivity contribution is 7.10. The van der Waals surface area contributed by atoms with Crippen LogP contribution in [0, 0.1) is 6.92 Å². The minimum Gasteiger partial charge on any atom is -0.369 e. The van der Waals surface area contributed by atoms with Crippen LogP contribution in [0.15, 0.2) is 6.07 Å². The molecule has 5 nitrogen and oxygen atoms in total. The van der Waals surface area contributed by atoms with Gasteiger partial charge >= 0.3 is 0 Å². The van der Waals surface area contributed by atoms with Gasteiger partial charge in [-0.15, -0.1) is 0 Å². The molecule has 0 unspecified atom stereocenters. The fraction of sp³-hybridized carbons (Fsp3) is 0.286. The maximum atomic E-state index is 11.0. The molecule has 13 heavy (non-hydrogen) atoms. The van der Waals surface area contributed by atoms with Gasteiger partial charge in [-0.1, -0.05) is 0 Å². The Morgan fingerprint density at radius 3 is 2.85 bits per heavy atom. The smallest absolute Gasteiger partial charge is 0.234 e. The number of hydrogen-bond acceptors (Lipinski definition) is 4. The third-order valence-electron chi connectivity index (χ3n) is 1.23. The number of aryl methyl sites for hydroxylation is 1. The summed E-state index contributed by atoms with van der Waals surface area (Å²) in [5.74, 6) is -1.05. The van der Waals surface area contributed by atoms with E-state index in [4.69, 9.17) is 5.73 Å². The molecule has 0 bridgehead atoms. The first-order valence-corrected chi connectivity index (χ1v) is 4.37. The predicted molar refractivity (Wildman–Crippen MR) is 49.3 cm³/mol. The van der Waals surface area contributed by atoms with Gasteiger partial charge in [0.05, 0.1) is 5.69 Å². The summed E-state index contributed by atoms with van der Waals surface area (Å²) in [6, 6.07) is 1.73. The molecule has 0 aromatic carbocycles. The van der Waals surface area contributed by atoms with Gasteiger partial charge in [-0.3, -0.25) is 9.59 Å². The molecule has 1 aromatic rings. The third kappa shape index (κ3) is 3.20. The maximum absolute atomic E-state index is 11.0. The van der Waals surface area contributed by atoms with E-state index in [1.165, 1.54) is 11.5 Å². The summed E-state index contributed by atoms with van der Waals surface area (Å²) in [7, 11) is 0. The second-order valence-electron chi connectivity index (χ2n) is 2.52. The van der Waals surface area contributed by atoms with Crippen LogP contribution < -0.4 is 11.1 Å². The van der Waals surface area contributed by atoms with Crippen LogP contribution in [0.3, 0.4) is 0 Å². The summed E-state index contributed by atoms with van der Waals surface area (Å²) in [5.41, 5.74) is 5.67. The van der Waals surface area contributed by atoms with E-state index in [-0.39, 0.29) is 6.42 Å². The molecule has 3 N–H and O–H groups in total. The molecular formula is C7H9N3O2S. The number of anilines is 1. The molecule has 0 saturated carbocycles. The molecule has 1 rings (SSSR count). The van der Waals surface area contributed by atoms with Crippen molar-refractivity contribution < 1.29 is 9.59 Å². The van der Waals surface area contributed by atoms with Crippen molar-refractivity contribution in [3.63, 3.8) is 0 Å². The lowest BCUT2D eigenvalue weighted by atomic mass is 10.4. The van der Waals surface area contributed by atoms with Crippen LogP contribution in [0.25, 0.3) is 0 Å². The van der Waals surface area contributed by atoms with Gasteiger partial charge in [-0.05, 0) is 24.5 Å². The second-order valence-corrected chi connectivity index (χ2v) is 3.33. The van der Waals surface area contributed by atoms with Gasteiger partial charge in [0.1, 0.15) is 11.4 Å². The standard InChI is InChI=1S/C7H9N3O2S/c1-4-2-7(13-10-4)9-6(12)3-5(8)11/h2H,3H2,1H3,(H2,8,11)(H,9,12). The maximum Gasteiger partial charge on any atom is 0.234 e. The zero-order valence-electron chi connectivity index (χ0n) is 7.03. The van der Waals surface area contributed by atoms with Gasteiger partial charge < -0.3 is 11.1 Å². The number of nitrogens with two attached hydrogens (primary N) is 1. The molecule has 0 aliphatic carbocycles. The highest BCUT2D eigenvalue weighted by Crippen LogP contribution is 2.15.